The van der Waals surface area contributed by atoms with Gasteiger partial charge in [0.25, 0.3) is 5.56 Å². The van der Waals surface area contributed by atoms with Gasteiger partial charge in [0.2, 0.25) is 5.95 Å². The molecule has 202 valence electrons. The molecule has 2 aliphatic rings. The SMILES string of the molecule is N#Cc1c(N)nc(N)nc1N1C[C@H](CC(=O)CC2CC2)C[C@H]1c1nc2cccc(Cl)c2c(=O)n1-c1ccccc1. The molecule has 10 nitrogen and oxygen atoms in total. The summed E-state index contributed by atoms with van der Waals surface area (Å²) < 4.78 is 1.56. The van der Waals surface area contributed by atoms with Gasteiger partial charge in [-0.1, -0.05) is 35.9 Å². The Morgan fingerprint density at radius 1 is 1.02 bits per heavy atom. The first kappa shape index (κ1) is 25.8. The van der Waals surface area contributed by atoms with E-state index in [9.17, 15) is 14.9 Å². The zero-order chi connectivity index (χ0) is 28.0. The van der Waals surface area contributed by atoms with Crippen LogP contribution >= 0.6 is 11.6 Å². The van der Waals surface area contributed by atoms with Crippen molar-refractivity contribution in [1.29, 1.82) is 5.26 Å². The minimum atomic E-state index is -0.518. The molecule has 3 heterocycles. The summed E-state index contributed by atoms with van der Waals surface area (Å²) >= 11 is 6.48. The Morgan fingerprint density at radius 3 is 2.50 bits per heavy atom. The average Bonchev–Trinajstić information content (AvgIpc) is 3.64. The summed E-state index contributed by atoms with van der Waals surface area (Å²) in [6.45, 7) is 0.407. The van der Waals surface area contributed by atoms with Crippen LogP contribution in [-0.2, 0) is 4.79 Å². The van der Waals surface area contributed by atoms with Gasteiger partial charge in [-0.2, -0.15) is 15.2 Å². The number of rotatable bonds is 7. The van der Waals surface area contributed by atoms with Gasteiger partial charge in [0.15, 0.2) is 5.82 Å². The van der Waals surface area contributed by atoms with E-state index in [4.69, 9.17) is 28.1 Å². The van der Waals surface area contributed by atoms with E-state index < -0.39 is 6.04 Å². The van der Waals surface area contributed by atoms with Crippen LogP contribution in [0.5, 0.6) is 0 Å². The zero-order valence-corrected chi connectivity index (χ0v) is 22.4. The fourth-order valence-electron chi connectivity index (χ4n) is 5.65. The number of fused-ring (bicyclic) bond motifs is 1. The first-order chi connectivity index (χ1) is 19.3. The highest BCUT2D eigenvalue weighted by Crippen LogP contribution is 2.42. The largest absolute Gasteiger partial charge is 0.382 e. The van der Waals surface area contributed by atoms with Crippen LogP contribution in [0.2, 0.25) is 5.02 Å². The number of Topliss-reactive ketones (excluding diaryl/α,β-unsaturated/α-hetero) is 1. The number of hydrogen-bond donors (Lipinski definition) is 2. The Bertz CT molecular complexity index is 1730. The van der Waals surface area contributed by atoms with Crippen LogP contribution < -0.4 is 21.9 Å². The highest BCUT2D eigenvalue weighted by molar-refractivity contribution is 6.35. The molecule has 2 atom stereocenters. The number of benzene rings is 2. The number of carbonyl (C=O) groups excluding carboxylic acids is 1. The molecule has 1 saturated carbocycles. The fourth-order valence-corrected chi connectivity index (χ4v) is 5.90. The normalized spacial score (nSPS) is 18.6. The summed E-state index contributed by atoms with van der Waals surface area (Å²) in [7, 11) is 0. The Balaban J connectivity index is 1.54. The van der Waals surface area contributed by atoms with Crippen molar-refractivity contribution in [3.8, 4) is 11.8 Å². The van der Waals surface area contributed by atoms with Crippen LogP contribution in [0, 0.1) is 23.2 Å². The van der Waals surface area contributed by atoms with E-state index in [1.54, 1.807) is 22.8 Å². The van der Waals surface area contributed by atoms with E-state index in [0.29, 0.717) is 59.2 Å². The maximum absolute atomic E-state index is 14.0. The lowest BCUT2D eigenvalue weighted by molar-refractivity contribution is -0.120. The van der Waals surface area contributed by atoms with Crippen molar-refractivity contribution in [2.45, 2.75) is 38.1 Å². The summed E-state index contributed by atoms with van der Waals surface area (Å²) in [6, 6.07) is 15.9. The molecule has 0 spiro atoms. The number of nitrogen functional groups attached to an aromatic ring is 2. The van der Waals surface area contributed by atoms with E-state index in [1.165, 1.54) is 0 Å². The molecule has 1 aliphatic carbocycles. The van der Waals surface area contributed by atoms with Crippen LogP contribution in [0.1, 0.15) is 49.5 Å². The maximum atomic E-state index is 14.0. The van der Waals surface area contributed by atoms with Crippen molar-refractivity contribution in [3.05, 3.63) is 75.3 Å². The fraction of sp³-hybridized carbons (Fsp3) is 0.310. The number of halogens is 1. The molecular formula is C29H27ClN8O2. The molecule has 4 N–H and O–H groups in total. The summed E-state index contributed by atoms with van der Waals surface area (Å²) in [5.41, 5.74) is 12.9. The lowest BCUT2D eigenvalue weighted by Crippen LogP contribution is -2.33. The topological polar surface area (TPSA) is 157 Å². The van der Waals surface area contributed by atoms with Crippen molar-refractivity contribution in [2.75, 3.05) is 22.9 Å². The maximum Gasteiger partial charge on any atom is 0.267 e. The number of aromatic nitrogens is 4. The first-order valence-corrected chi connectivity index (χ1v) is 13.6. The van der Waals surface area contributed by atoms with Crippen LogP contribution in [0.25, 0.3) is 16.6 Å². The van der Waals surface area contributed by atoms with Crippen molar-refractivity contribution in [3.63, 3.8) is 0 Å². The second-order valence-electron chi connectivity index (χ2n) is 10.5. The Kier molecular flexibility index (Phi) is 6.60. The third-order valence-electron chi connectivity index (χ3n) is 7.62. The number of ketones is 1. The number of nitriles is 1. The molecule has 6 rings (SSSR count). The van der Waals surface area contributed by atoms with Gasteiger partial charge in [-0.05, 0) is 55.4 Å². The van der Waals surface area contributed by atoms with Crippen LogP contribution in [0.3, 0.4) is 0 Å². The lowest BCUT2D eigenvalue weighted by Gasteiger charge is -2.28. The molecule has 11 heteroatoms. The molecule has 2 fully saturated rings. The molecule has 4 aromatic rings. The summed E-state index contributed by atoms with van der Waals surface area (Å²) in [6.07, 6.45) is 3.68. The van der Waals surface area contributed by atoms with Crippen LogP contribution in [0.4, 0.5) is 17.6 Å². The summed E-state index contributed by atoms with van der Waals surface area (Å²) in [5.74, 6) is 1.25. The van der Waals surface area contributed by atoms with E-state index >= 15 is 0 Å². The standard InChI is InChI=1S/C29H27ClN8O2/c30-21-7-4-8-22-24(21)28(40)38(18-5-2-1-3-6-18)27(34-22)23-13-17(12-19(39)11-16-9-10-16)15-37(23)26-20(14-31)25(32)35-29(33)36-26/h1-8,16-17,23H,9-13,15H2,(H4,32,33,35,36)/t17-,23+/m1/s1. The van der Waals surface area contributed by atoms with Crippen LogP contribution in [-0.4, -0.2) is 31.8 Å². The predicted molar refractivity (Wildman–Crippen MR) is 153 cm³/mol. The second-order valence-corrected chi connectivity index (χ2v) is 10.9. The van der Waals surface area contributed by atoms with E-state index in [1.807, 2.05) is 35.2 Å². The predicted octanol–water partition coefficient (Wildman–Crippen LogP) is 4.19. The number of carbonyl (C=O) groups is 1. The summed E-state index contributed by atoms with van der Waals surface area (Å²) in [5, 5.41) is 10.6. The van der Waals surface area contributed by atoms with Crippen LogP contribution in [0.15, 0.2) is 53.3 Å². The van der Waals surface area contributed by atoms with Gasteiger partial charge in [0.1, 0.15) is 29.1 Å². The molecule has 0 unspecified atom stereocenters. The minimum Gasteiger partial charge on any atom is -0.382 e. The van der Waals surface area contributed by atoms with Gasteiger partial charge >= 0.3 is 0 Å². The Labute approximate surface area is 235 Å². The first-order valence-electron chi connectivity index (χ1n) is 13.2. The minimum absolute atomic E-state index is 0.0317. The highest BCUT2D eigenvalue weighted by atomic mass is 35.5. The molecular weight excluding hydrogens is 528 g/mol. The molecule has 2 aromatic heterocycles. The quantitative estimate of drug-likeness (QED) is 0.341. The zero-order valence-electron chi connectivity index (χ0n) is 21.6. The molecule has 2 aromatic carbocycles. The average molecular weight is 555 g/mol. The van der Waals surface area contributed by atoms with Crippen molar-refractivity contribution < 1.29 is 4.79 Å². The van der Waals surface area contributed by atoms with Crippen molar-refractivity contribution in [1.82, 2.24) is 19.5 Å². The number of nitrogens with two attached hydrogens (primary N) is 2. The summed E-state index contributed by atoms with van der Waals surface area (Å²) in [4.78, 5) is 42.2. The Hall–Kier alpha value is -4.49. The highest BCUT2D eigenvalue weighted by Gasteiger charge is 2.40. The molecule has 40 heavy (non-hydrogen) atoms. The Morgan fingerprint density at radius 2 is 1.77 bits per heavy atom. The van der Waals surface area contributed by atoms with E-state index in [-0.39, 0.29) is 40.4 Å². The monoisotopic (exact) mass is 554 g/mol. The van der Waals surface area contributed by atoms with Crippen molar-refractivity contribution >= 4 is 45.9 Å². The molecule has 0 radical (unpaired) electrons. The van der Waals surface area contributed by atoms with Gasteiger partial charge in [0.05, 0.1) is 27.7 Å². The molecule has 0 amide bonds. The number of hydrogen-bond acceptors (Lipinski definition) is 9. The number of para-hydroxylation sites is 1. The number of anilines is 3. The van der Waals surface area contributed by atoms with Gasteiger partial charge in [-0.15, -0.1) is 0 Å². The molecule has 1 saturated heterocycles. The van der Waals surface area contributed by atoms with Gasteiger partial charge in [-0.25, -0.2) is 4.98 Å². The second kappa shape index (κ2) is 10.2. The van der Waals surface area contributed by atoms with Gasteiger partial charge < -0.3 is 16.4 Å². The van der Waals surface area contributed by atoms with Gasteiger partial charge in [0, 0.05) is 19.4 Å². The lowest BCUT2D eigenvalue weighted by atomic mass is 9.96. The van der Waals surface area contributed by atoms with Gasteiger partial charge in [-0.3, -0.25) is 14.2 Å². The molecule has 0 bridgehead atoms. The number of nitrogens with zero attached hydrogens (tertiary/aromatic N) is 6. The smallest absolute Gasteiger partial charge is 0.267 e. The van der Waals surface area contributed by atoms with E-state index in [0.717, 1.165) is 12.8 Å². The van der Waals surface area contributed by atoms with Crippen molar-refractivity contribution in [2.24, 2.45) is 11.8 Å². The third kappa shape index (κ3) is 4.73. The van der Waals surface area contributed by atoms with E-state index in [2.05, 4.69) is 16.0 Å². The molecule has 1 aliphatic heterocycles. The third-order valence-corrected chi connectivity index (χ3v) is 7.94.